The molecule has 8 heteroatoms. The first-order valence-corrected chi connectivity index (χ1v) is 10.6. The smallest absolute Gasteiger partial charge is 0.263 e. The standard InChI is InChI=1S/C24H23ClN4O3/c1-16-28(2)23-22(24(31)29(16)11-4-12-30)20(13-17-6-8-18(25)9-7-17)21(15-27-23)32-19-5-3-10-26-14-19/h3,5-10,14-15,30H,1,4,11-13H2,2H3. The first kappa shape index (κ1) is 21.8. The number of aromatic nitrogens is 2. The van der Waals surface area contributed by atoms with E-state index in [1.807, 2.05) is 31.3 Å². The first-order valence-electron chi connectivity index (χ1n) is 10.2. The maximum atomic E-state index is 13.6. The maximum absolute atomic E-state index is 13.6. The predicted octanol–water partition coefficient (Wildman–Crippen LogP) is 4.26. The molecule has 0 saturated carbocycles. The molecular weight excluding hydrogens is 428 g/mol. The molecule has 0 spiro atoms. The topological polar surface area (TPSA) is 78.8 Å². The highest BCUT2D eigenvalue weighted by atomic mass is 35.5. The minimum atomic E-state index is -0.218. The minimum Gasteiger partial charge on any atom is -0.454 e. The number of halogens is 1. The molecule has 2 aromatic heterocycles. The van der Waals surface area contributed by atoms with Crippen molar-refractivity contribution >= 4 is 23.3 Å². The first-order chi connectivity index (χ1) is 15.5. The van der Waals surface area contributed by atoms with Crippen LogP contribution in [0.5, 0.6) is 11.5 Å². The Bertz CT molecular complexity index is 1140. The van der Waals surface area contributed by atoms with E-state index < -0.39 is 0 Å². The number of hydrogen-bond donors (Lipinski definition) is 1. The number of carbonyl (C=O) groups is 1. The summed E-state index contributed by atoms with van der Waals surface area (Å²) >= 11 is 6.06. The highest BCUT2D eigenvalue weighted by Crippen LogP contribution is 2.38. The van der Waals surface area contributed by atoms with Gasteiger partial charge < -0.3 is 14.7 Å². The largest absolute Gasteiger partial charge is 0.454 e. The van der Waals surface area contributed by atoms with E-state index in [0.717, 1.165) is 5.56 Å². The molecule has 1 aromatic carbocycles. The second-order valence-electron chi connectivity index (χ2n) is 7.40. The molecule has 0 saturated heterocycles. The summed E-state index contributed by atoms with van der Waals surface area (Å²) in [6, 6.07) is 11.0. The van der Waals surface area contributed by atoms with Gasteiger partial charge in [0.15, 0.2) is 0 Å². The number of pyridine rings is 2. The third-order valence-electron chi connectivity index (χ3n) is 5.30. The van der Waals surface area contributed by atoms with Crippen molar-refractivity contribution in [3.05, 3.63) is 89.1 Å². The van der Waals surface area contributed by atoms with Crippen molar-refractivity contribution in [1.29, 1.82) is 0 Å². The molecule has 32 heavy (non-hydrogen) atoms. The number of aliphatic hydroxyl groups excluding tert-OH is 1. The fraction of sp³-hybridized carbons (Fsp3) is 0.208. The van der Waals surface area contributed by atoms with Crippen LogP contribution in [0.2, 0.25) is 5.02 Å². The second kappa shape index (κ2) is 9.38. The molecule has 1 N–H and O–H groups in total. The van der Waals surface area contributed by atoms with Crippen LogP contribution < -0.4 is 9.64 Å². The van der Waals surface area contributed by atoms with Gasteiger partial charge in [-0.1, -0.05) is 30.3 Å². The van der Waals surface area contributed by atoms with Crippen molar-refractivity contribution in [2.75, 3.05) is 25.1 Å². The van der Waals surface area contributed by atoms with Crippen molar-refractivity contribution < 1.29 is 14.6 Å². The van der Waals surface area contributed by atoms with Gasteiger partial charge in [0, 0.05) is 43.4 Å². The maximum Gasteiger partial charge on any atom is 0.263 e. The van der Waals surface area contributed by atoms with Crippen LogP contribution in [0.15, 0.2) is 67.4 Å². The Balaban J connectivity index is 1.83. The van der Waals surface area contributed by atoms with Crippen molar-refractivity contribution in [3.8, 4) is 11.5 Å². The number of aliphatic hydroxyl groups is 1. The van der Waals surface area contributed by atoms with Gasteiger partial charge in [-0.2, -0.15) is 0 Å². The van der Waals surface area contributed by atoms with Gasteiger partial charge in [0.2, 0.25) is 0 Å². The molecule has 4 rings (SSSR count). The number of benzene rings is 1. The van der Waals surface area contributed by atoms with E-state index in [0.29, 0.717) is 58.7 Å². The quantitative estimate of drug-likeness (QED) is 0.579. The SMILES string of the molecule is C=C1N(CCCO)C(=O)c2c(ncc(Oc3cccnc3)c2Cc2ccc(Cl)cc2)N1C. The highest BCUT2D eigenvalue weighted by Gasteiger charge is 2.35. The lowest BCUT2D eigenvalue weighted by Crippen LogP contribution is -2.44. The van der Waals surface area contributed by atoms with Crippen LogP contribution in [0.4, 0.5) is 5.82 Å². The zero-order chi connectivity index (χ0) is 22.7. The Kier molecular flexibility index (Phi) is 6.39. The average Bonchev–Trinajstić information content (AvgIpc) is 2.80. The van der Waals surface area contributed by atoms with E-state index in [1.165, 1.54) is 0 Å². The van der Waals surface area contributed by atoms with Crippen LogP contribution in [0.25, 0.3) is 0 Å². The monoisotopic (exact) mass is 450 g/mol. The van der Waals surface area contributed by atoms with Gasteiger partial charge in [-0.05, 0) is 36.2 Å². The van der Waals surface area contributed by atoms with Crippen molar-refractivity contribution in [2.45, 2.75) is 12.8 Å². The normalized spacial score (nSPS) is 13.3. The lowest BCUT2D eigenvalue weighted by molar-refractivity contribution is 0.0783. The van der Waals surface area contributed by atoms with Crippen molar-refractivity contribution in [2.24, 2.45) is 0 Å². The van der Waals surface area contributed by atoms with Crippen LogP contribution in [-0.4, -0.2) is 46.1 Å². The van der Waals surface area contributed by atoms with Crippen LogP contribution in [0, 0.1) is 0 Å². The number of amides is 1. The van der Waals surface area contributed by atoms with Crippen molar-refractivity contribution in [3.63, 3.8) is 0 Å². The second-order valence-corrected chi connectivity index (χ2v) is 7.84. The molecule has 1 aliphatic rings. The number of fused-ring (bicyclic) bond motifs is 1. The van der Waals surface area contributed by atoms with Gasteiger partial charge in [0.1, 0.15) is 23.1 Å². The lowest BCUT2D eigenvalue weighted by atomic mass is 9.97. The fourth-order valence-corrected chi connectivity index (χ4v) is 3.74. The Hall–Kier alpha value is -3.42. The van der Waals surface area contributed by atoms with E-state index >= 15 is 0 Å². The Morgan fingerprint density at radius 3 is 2.66 bits per heavy atom. The Labute approximate surface area is 191 Å². The van der Waals surface area contributed by atoms with Gasteiger partial charge >= 0.3 is 0 Å². The van der Waals surface area contributed by atoms with E-state index in [2.05, 4.69) is 16.5 Å². The predicted molar refractivity (Wildman–Crippen MR) is 123 cm³/mol. The van der Waals surface area contributed by atoms with Gasteiger partial charge in [-0.3, -0.25) is 14.7 Å². The van der Waals surface area contributed by atoms with E-state index in [4.69, 9.17) is 16.3 Å². The zero-order valence-electron chi connectivity index (χ0n) is 17.7. The molecule has 7 nitrogen and oxygen atoms in total. The summed E-state index contributed by atoms with van der Waals surface area (Å²) in [6.07, 6.45) is 5.78. The van der Waals surface area contributed by atoms with Gasteiger partial charge in [0.05, 0.1) is 18.0 Å². The molecule has 0 aliphatic carbocycles. The number of rotatable bonds is 7. The molecule has 164 valence electrons. The minimum absolute atomic E-state index is 0.0202. The van der Waals surface area contributed by atoms with E-state index in [9.17, 15) is 9.90 Å². The summed E-state index contributed by atoms with van der Waals surface area (Å²) in [5.74, 6) is 1.84. The molecule has 1 aliphatic heterocycles. The summed E-state index contributed by atoms with van der Waals surface area (Å²) in [6.45, 7) is 4.38. The Morgan fingerprint density at radius 1 is 1.19 bits per heavy atom. The lowest BCUT2D eigenvalue weighted by Gasteiger charge is -2.37. The number of carbonyl (C=O) groups excluding carboxylic acids is 1. The van der Waals surface area contributed by atoms with Gasteiger partial charge in [-0.15, -0.1) is 0 Å². The Morgan fingerprint density at radius 2 is 1.97 bits per heavy atom. The summed E-state index contributed by atoms with van der Waals surface area (Å²) in [5.41, 5.74) is 2.13. The molecule has 0 radical (unpaired) electrons. The molecular formula is C24H23ClN4O3. The van der Waals surface area contributed by atoms with E-state index in [1.54, 1.807) is 40.5 Å². The number of hydrogen-bond acceptors (Lipinski definition) is 6. The number of ether oxygens (including phenoxy) is 1. The molecule has 0 unspecified atom stereocenters. The van der Waals surface area contributed by atoms with Crippen LogP contribution >= 0.6 is 11.6 Å². The summed E-state index contributed by atoms with van der Waals surface area (Å²) in [4.78, 5) is 25.6. The van der Waals surface area contributed by atoms with Crippen LogP contribution in [0.1, 0.15) is 27.9 Å². The number of nitrogens with zero attached hydrogens (tertiary/aromatic N) is 4. The highest BCUT2D eigenvalue weighted by molar-refractivity contribution is 6.30. The number of anilines is 1. The summed E-state index contributed by atoms with van der Waals surface area (Å²) < 4.78 is 6.10. The molecule has 0 bridgehead atoms. The summed E-state index contributed by atoms with van der Waals surface area (Å²) in [5, 5.41) is 9.92. The van der Waals surface area contributed by atoms with Crippen LogP contribution in [-0.2, 0) is 6.42 Å². The molecule has 0 atom stereocenters. The van der Waals surface area contributed by atoms with Crippen LogP contribution in [0.3, 0.4) is 0 Å². The molecule has 3 heterocycles. The molecule has 1 amide bonds. The zero-order valence-corrected chi connectivity index (χ0v) is 18.4. The fourth-order valence-electron chi connectivity index (χ4n) is 3.62. The van der Waals surface area contributed by atoms with Gasteiger partial charge in [-0.25, -0.2) is 4.98 Å². The molecule has 3 aromatic rings. The summed E-state index contributed by atoms with van der Waals surface area (Å²) in [7, 11) is 1.82. The van der Waals surface area contributed by atoms with Gasteiger partial charge in [0.25, 0.3) is 5.91 Å². The van der Waals surface area contributed by atoms with Crippen molar-refractivity contribution in [1.82, 2.24) is 14.9 Å². The third kappa shape index (κ3) is 4.30. The third-order valence-corrected chi connectivity index (χ3v) is 5.55. The van der Waals surface area contributed by atoms with E-state index in [-0.39, 0.29) is 12.5 Å². The molecule has 0 fully saturated rings. The average molecular weight is 451 g/mol.